The molecule has 1 aromatic heterocycles. The van der Waals surface area contributed by atoms with Crippen LogP contribution in [0.5, 0.6) is 0 Å². The van der Waals surface area contributed by atoms with E-state index >= 15 is 0 Å². The highest BCUT2D eigenvalue weighted by Gasteiger charge is 2.14. The number of fused-ring (bicyclic) bond motifs is 1. The van der Waals surface area contributed by atoms with Crippen molar-refractivity contribution >= 4 is 34.1 Å². The first-order valence-electron chi connectivity index (χ1n) is 7.30. The third-order valence-corrected chi connectivity index (χ3v) is 3.53. The maximum absolute atomic E-state index is 12.0. The van der Waals surface area contributed by atoms with Gasteiger partial charge in [0.05, 0.1) is 11.7 Å². The van der Waals surface area contributed by atoms with E-state index in [-0.39, 0.29) is 0 Å². The van der Waals surface area contributed by atoms with E-state index in [0.29, 0.717) is 11.4 Å². The number of rotatable bonds is 3. The smallest absolute Gasteiger partial charge is 0.314 e. The zero-order valence-corrected chi connectivity index (χ0v) is 12.6. The number of aryl methyl sites for hydroxylation is 1. The van der Waals surface area contributed by atoms with Gasteiger partial charge in [0.2, 0.25) is 0 Å². The zero-order chi connectivity index (χ0) is 16.2. The van der Waals surface area contributed by atoms with Crippen LogP contribution in [0.3, 0.4) is 0 Å². The lowest BCUT2D eigenvalue weighted by molar-refractivity contribution is -0.132. The molecule has 6 heteroatoms. The Balaban J connectivity index is 1.65. The van der Waals surface area contributed by atoms with Crippen molar-refractivity contribution in [3.05, 3.63) is 54.2 Å². The summed E-state index contributed by atoms with van der Waals surface area (Å²) in [4.78, 5) is 23.9. The summed E-state index contributed by atoms with van der Waals surface area (Å²) < 4.78 is 0. The molecule has 0 aliphatic carbocycles. The minimum absolute atomic E-state index is 0.531. The summed E-state index contributed by atoms with van der Waals surface area (Å²) in [7, 11) is 0. The first-order chi connectivity index (χ1) is 11.2. The predicted octanol–water partition coefficient (Wildman–Crippen LogP) is 2.70. The monoisotopic (exact) mass is 308 g/mol. The van der Waals surface area contributed by atoms with Crippen LogP contribution in [0.4, 0.5) is 11.4 Å². The highest BCUT2D eigenvalue weighted by molar-refractivity contribution is 6.43. The lowest BCUT2D eigenvalue weighted by atomic mass is 10.1. The summed E-state index contributed by atoms with van der Waals surface area (Å²) in [6.45, 7) is 2.05. The molecule has 0 bridgehead atoms. The Morgan fingerprint density at radius 3 is 2.35 bits per heavy atom. The molecule has 6 nitrogen and oxygen atoms in total. The fraction of sp³-hybridized carbons (Fsp3) is 0.118. The van der Waals surface area contributed by atoms with Gasteiger partial charge in [-0.05, 0) is 42.3 Å². The van der Waals surface area contributed by atoms with Gasteiger partial charge in [-0.25, -0.2) is 0 Å². The molecule has 0 saturated heterocycles. The summed E-state index contributed by atoms with van der Waals surface area (Å²) >= 11 is 0. The van der Waals surface area contributed by atoms with Crippen molar-refractivity contribution in [2.45, 2.75) is 13.3 Å². The standard InChI is InChI=1S/C17H16N4O2/c1-2-11-3-6-13(7-4-11)19-16(22)17(23)20-14-8-5-12-10-18-21-15(12)9-14/h3-10H,2H2,1H3,(H,18,21)(H,19,22)(H,20,23). The van der Waals surface area contributed by atoms with Gasteiger partial charge >= 0.3 is 11.8 Å². The molecule has 1 heterocycles. The van der Waals surface area contributed by atoms with E-state index < -0.39 is 11.8 Å². The van der Waals surface area contributed by atoms with Crippen LogP contribution in [0.15, 0.2) is 48.7 Å². The third-order valence-electron chi connectivity index (χ3n) is 3.53. The van der Waals surface area contributed by atoms with Crippen LogP contribution in [0.1, 0.15) is 12.5 Å². The highest BCUT2D eigenvalue weighted by atomic mass is 16.2. The molecule has 0 saturated carbocycles. The summed E-state index contributed by atoms with van der Waals surface area (Å²) in [6, 6.07) is 12.7. The molecular formula is C17H16N4O2. The lowest BCUT2D eigenvalue weighted by Crippen LogP contribution is -2.29. The first-order valence-corrected chi connectivity index (χ1v) is 7.30. The van der Waals surface area contributed by atoms with E-state index in [1.54, 1.807) is 30.5 Å². The van der Waals surface area contributed by atoms with Crippen LogP contribution in [0.25, 0.3) is 10.9 Å². The van der Waals surface area contributed by atoms with Crippen LogP contribution >= 0.6 is 0 Å². The van der Waals surface area contributed by atoms with Crippen LogP contribution in [0.2, 0.25) is 0 Å². The lowest BCUT2D eigenvalue weighted by Gasteiger charge is -2.07. The zero-order valence-electron chi connectivity index (χ0n) is 12.6. The molecule has 3 rings (SSSR count). The number of hydrogen-bond acceptors (Lipinski definition) is 3. The fourth-order valence-electron chi connectivity index (χ4n) is 2.21. The van der Waals surface area contributed by atoms with Gasteiger partial charge in [0.25, 0.3) is 0 Å². The number of aromatic amines is 1. The normalized spacial score (nSPS) is 10.5. The van der Waals surface area contributed by atoms with Gasteiger partial charge in [-0.1, -0.05) is 19.1 Å². The van der Waals surface area contributed by atoms with Crippen molar-refractivity contribution in [2.75, 3.05) is 10.6 Å². The summed E-state index contributed by atoms with van der Waals surface area (Å²) in [5.74, 6) is -1.43. The third kappa shape index (κ3) is 3.37. The largest absolute Gasteiger partial charge is 0.318 e. The van der Waals surface area contributed by atoms with Crippen LogP contribution in [0, 0.1) is 0 Å². The molecule has 0 spiro atoms. The van der Waals surface area contributed by atoms with E-state index in [1.165, 1.54) is 5.56 Å². The molecule has 3 aromatic rings. The van der Waals surface area contributed by atoms with Crippen LogP contribution in [-0.2, 0) is 16.0 Å². The second kappa shape index (κ2) is 6.31. The number of H-pyrrole nitrogens is 1. The van der Waals surface area contributed by atoms with E-state index in [4.69, 9.17) is 0 Å². The van der Waals surface area contributed by atoms with E-state index in [1.807, 2.05) is 18.2 Å². The molecule has 0 radical (unpaired) electrons. The Bertz CT molecular complexity index is 852. The number of amides is 2. The number of hydrogen-bond donors (Lipinski definition) is 3. The van der Waals surface area contributed by atoms with Crippen molar-refractivity contribution in [1.82, 2.24) is 10.2 Å². The molecule has 2 aromatic carbocycles. The highest BCUT2D eigenvalue weighted by Crippen LogP contribution is 2.16. The second-order valence-corrected chi connectivity index (χ2v) is 5.13. The average Bonchev–Trinajstić information content (AvgIpc) is 3.03. The minimum Gasteiger partial charge on any atom is -0.318 e. The number of anilines is 2. The molecule has 0 unspecified atom stereocenters. The van der Waals surface area contributed by atoms with E-state index in [9.17, 15) is 9.59 Å². The van der Waals surface area contributed by atoms with Gasteiger partial charge in [-0.15, -0.1) is 0 Å². The van der Waals surface area contributed by atoms with Crippen molar-refractivity contribution < 1.29 is 9.59 Å². The molecule has 116 valence electrons. The maximum atomic E-state index is 12.0. The molecule has 0 aliphatic rings. The van der Waals surface area contributed by atoms with E-state index in [0.717, 1.165) is 17.3 Å². The van der Waals surface area contributed by atoms with E-state index in [2.05, 4.69) is 27.8 Å². The van der Waals surface area contributed by atoms with Crippen LogP contribution < -0.4 is 10.6 Å². The second-order valence-electron chi connectivity index (χ2n) is 5.13. The Labute approximate surface area is 132 Å². The number of nitrogens with one attached hydrogen (secondary N) is 3. The first kappa shape index (κ1) is 14.8. The number of aromatic nitrogens is 2. The molecule has 0 aliphatic heterocycles. The van der Waals surface area contributed by atoms with Crippen molar-refractivity contribution in [3.63, 3.8) is 0 Å². The number of carbonyl (C=O) groups is 2. The number of carbonyl (C=O) groups excluding carboxylic acids is 2. The minimum atomic E-state index is -0.719. The number of benzene rings is 2. The number of nitrogens with zero attached hydrogens (tertiary/aromatic N) is 1. The van der Waals surface area contributed by atoms with Gasteiger partial charge in [-0.2, -0.15) is 5.10 Å². The predicted molar refractivity (Wildman–Crippen MR) is 89.2 cm³/mol. The van der Waals surface area contributed by atoms with Crippen LogP contribution in [-0.4, -0.2) is 22.0 Å². The molecule has 2 amide bonds. The Hall–Kier alpha value is -3.15. The summed E-state index contributed by atoms with van der Waals surface area (Å²) in [5, 5.41) is 12.8. The van der Waals surface area contributed by atoms with Gasteiger partial charge < -0.3 is 10.6 Å². The quantitative estimate of drug-likeness (QED) is 0.650. The topological polar surface area (TPSA) is 86.9 Å². The Kier molecular flexibility index (Phi) is 4.05. The molecule has 23 heavy (non-hydrogen) atoms. The summed E-state index contributed by atoms with van der Waals surface area (Å²) in [5.41, 5.74) is 3.08. The molecule has 0 fully saturated rings. The molecular weight excluding hydrogens is 292 g/mol. The maximum Gasteiger partial charge on any atom is 0.314 e. The van der Waals surface area contributed by atoms with Gasteiger partial charge in [0.15, 0.2) is 0 Å². The molecule has 3 N–H and O–H groups in total. The van der Waals surface area contributed by atoms with Crippen molar-refractivity contribution in [1.29, 1.82) is 0 Å². The van der Waals surface area contributed by atoms with Gasteiger partial charge in [-0.3, -0.25) is 14.7 Å². The van der Waals surface area contributed by atoms with Gasteiger partial charge in [0, 0.05) is 16.8 Å². The van der Waals surface area contributed by atoms with Crippen molar-refractivity contribution in [3.8, 4) is 0 Å². The fourth-order valence-corrected chi connectivity index (χ4v) is 2.21. The SMILES string of the molecule is CCc1ccc(NC(=O)C(=O)Nc2ccc3cn[nH]c3c2)cc1. The average molecular weight is 308 g/mol. The Morgan fingerprint density at radius 2 is 1.65 bits per heavy atom. The van der Waals surface area contributed by atoms with Gasteiger partial charge in [0.1, 0.15) is 0 Å². The van der Waals surface area contributed by atoms with Crippen molar-refractivity contribution in [2.24, 2.45) is 0 Å². The summed E-state index contributed by atoms with van der Waals surface area (Å²) in [6.07, 6.45) is 2.61. The molecule has 0 atom stereocenters. The Morgan fingerprint density at radius 1 is 1.00 bits per heavy atom.